The Bertz CT molecular complexity index is 2220. The zero-order valence-corrected chi connectivity index (χ0v) is 33.4. The van der Waals surface area contributed by atoms with Crippen LogP contribution in [0.4, 0.5) is 0 Å². The number of allylic oxidation sites excluding steroid dienone is 1. The van der Waals surface area contributed by atoms with Gasteiger partial charge in [-0.2, -0.15) is 0 Å². The first-order valence-corrected chi connectivity index (χ1v) is 21.3. The number of pyridine rings is 2. The molecule has 13 nitrogen and oxygen atoms in total. The number of hydrogen-bond acceptors (Lipinski definition) is 10. The molecule has 5 aliphatic rings. The molecule has 2 aromatic heterocycles. The minimum Gasteiger partial charge on any atom is -0.497 e. The van der Waals surface area contributed by atoms with Gasteiger partial charge in [0.25, 0.3) is 5.91 Å². The molecule has 1 aromatic carbocycles. The van der Waals surface area contributed by atoms with Crippen LogP contribution in [0.5, 0.6) is 17.2 Å². The van der Waals surface area contributed by atoms with Crippen molar-refractivity contribution in [1.82, 2.24) is 24.9 Å². The Morgan fingerprint density at radius 2 is 1.84 bits per heavy atom. The number of methoxy groups -OCH3 is 2. The van der Waals surface area contributed by atoms with Crippen LogP contribution in [0.25, 0.3) is 10.9 Å². The van der Waals surface area contributed by atoms with Gasteiger partial charge in [0.15, 0.2) is 0 Å². The highest BCUT2D eigenvalue weighted by atomic mass is 32.2. The smallest absolute Gasteiger partial charge is 0.259 e. The van der Waals surface area contributed by atoms with Crippen molar-refractivity contribution in [1.29, 1.82) is 0 Å². The van der Waals surface area contributed by atoms with E-state index in [0.29, 0.717) is 67.2 Å². The van der Waals surface area contributed by atoms with E-state index in [-0.39, 0.29) is 31.2 Å². The van der Waals surface area contributed by atoms with Gasteiger partial charge in [-0.05, 0) is 89.5 Å². The summed E-state index contributed by atoms with van der Waals surface area (Å²) in [4.78, 5) is 54.8. The molecule has 2 aliphatic carbocycles. The molecule has 14 heteroatoms. The monoisotopic (exact) mass is 785 g/mol. The highest BCUT2D eigenvalue weighted by molar-refractivity contribution is 7.91. The lowest BCUT2D eigenvalue weighted by molar-refractivity contribution is -0.143. The minimum absolute atomic E-state index is 0.163. The van der Waals surface area contributed by atoms with Crippen LogP contribution in [0.1, 0.15) is 88.1 Å². The molecule has 5 atom stereocenters. The van der Waals surface area contributed by atoms with Gasteiger partial charge in [-0.25, -0.2) is 13.4 Å². The van der Waals surface area contributed by atoms with Crippen molar-refractivity contribution in [2.75, 3.05) is 20.8 Å². The Balaban J connectivity index is 1.15. The number of nitrogens with zero attached hydrogens (tertiary/aromatic N) is 3. The predicted octanol–water partition coefficient (Wildman–Crippen LogP) is 4.87. The number of carbonyl (C=O) groups excluding carboxylic acids is 3. The van der Waals surface area contributed by atoms with Crippen LogP contribution in [-0.2, 0) is 37.2 Å². The number of aryl methyl sites for hydroxylation is 2. The Morgan fingerprint density at radius 3 is 2.61 bits per heavy atom. The van der Waals surface area contributed by atoms with Crippen molar-refractivity contribution in [3.05, 3.63) is 65.6 Å². The van der Waals surface area contributed by atoms with Gasteiger partial charge in [0, 0.05) is 53.6 Å². The molecule has 298 valence electrons. The standard InChI is InChI=1S/C42H51N5O8S/c1-26-36-32(33-22-30(53-3)12-13-34(33)44-26)14-16-41(55-36)24-35-37(48)45-42(39(50)46-56(51,52)40(2)17-18-40)23-28(42)11-9-7-5-6-8-10-27(38(49)47(35)25-41)20-29-21-31(54-4)15-19-43-29/h9,11-13,15,19,21-22,27-28,35H,5-8,10,14,16-18,20,23-25H2,1-4H3,(H,45,48)(H,46,50)/b11-9-/t27-,28-,35+,41-,42-/m1/s1. The van der Waals surface area contributed by atoms with Crippen molar-refractivity contribution < 1.29 is 37.0 Å². The van der Waals surface area contributed by atoms with E-state index in [9.17, 15) is 22.8 Å². The summed E-state index contributed by atoms with van der Waals surface area (Å²) in [5, 5.41) is 3.95. The fourth-order valence-electron chi connectivity index (χ4n) is 8.88. The molecular formula is C42H51N5O8S. The molecule has 0 unspecified atom stereocenters. The molecule has 3 aliphatic heterocycles. The highest BCUT2D eigenvalue weighted by Gasteiger charge is 2.64. The fraction of sp³-hybridized carbons (Fsp3) is 0.548. The zero-order chi connectivity index (χ0) is 39.5. The second-order valence-corrected chi connectivity index (χ2v) is 18.9. The van der Waals surface area contributed by atoms with Crippen LogP contribution in [0, 0.1) is 18.8 Å². The molecule has 3 amide bonds. The quantitative estimate of drug-likeness (QED) is 0.316. The number of benzene rings is 1. The van der Waals surface area contributed by atoms with Gasteiger partial charge < -0.3 is 24.4 Å². The maximum Gasteiger partial charge on any atom is 0.259 e. The van der Waals surface area contributed by atoms with E-state index in [1.54, 1.807) is 38.3 Å². The number of fused-ring (bicyclic) bond motifs is 5. The number of rotatable bonds is 7. The van der Waals surface area contributed by atoms with Crippen LogP contribution in [-0.4, -0.2) is 83.7 Å². The lowest BCUT2D eigenvalue weighted by Crippen LogP contribution is -2.57. The molecule has 1 saturated heterocycles. The van der Waals surface area contributed by atoms with Crippen molar-refractivity contribution >= 4 is 38.6 Å². The second-order valence-electron chi connectivity index (χ2n) is 16.7. The third kappa shape index (κ3) is 6.98. The minimum atomic E-state index is -3.96. The van der Waals surface area contributed by atoms with Gasteiger partial charge in [-0.1, -0.05) is 25.0 Å². The molecule has 3 fully saturated rings. The van der Waals surface area contributed by atoms with E-state index >= 15 is 0 Å². The Morgan fingerprint density at radius 1 is 1.05 bits per heavy atom. The molecule has 8 rings (SSSR count). The first-order chi connectivity index (χ1) is 26.8. The number of hydrogen-bond donors (Lipinski definition) is 2. The summed E-state index contributed by atoms with van der Waals surface area (Å²) in [6, 6.07) is 8.40. The van der Waals surface area contributed by atoms with E-state index in [0.717, 1.165) is 42.1 Å². The highest BCUT2D eigenvalue weighted by Crippen LogP contribution is 2.49. The molecule has 3 aromatic rings. The molecule has 0 radical (unpaired) electrons. The maximum atomic E-state index is 15.0. The summed E-state index contributed by atoms with van der Waals surface area (Å²) in [7, 11) is -0.746. The average molecular weight is 786 g/mol. The summed E-state index contributed by atoms with van der Waals surface area (Å²) in [5.41, 5.74) is 0.904. The summed E-state index contributed by atoms with van der Waals surface area (Å²) in [6.45, 7) is 3.69. The molecule has 2 N–H and O–H groups in total. The van der Waals surface area contributed by atoms with E-state index in [1.165, 1.54) is 0 Å². The average Bonchev–Trinajstić information content (AvgIpc) is 4.08. The lowest BCUT2D eigenvalue weighted by Gasteiger charge is -2.36. The second kappa shape index (κ2) is 14.3. The predicted molar refractivity (Wildman–Crippen MR) is 209 cm³/mol. The lowest BCUT2D eigenvalue weighted by atomic mass is 9.87. The topological polar surface area (TPSA) is 166 Å². The molecule has 1 spiro atoms. The Hall–Kier alpha value is -4.72. The van der Waals surface area contributed by atoms with Crippen molar-refractivity contribution in [2.45, 2.75) is 113 Å². The molecule has 0 bridgehead atoms. The molecule has 2 saturated carbocycles. The van der Waals surface area contributed by atoms with Crippen LogP contribution < -0.4 is 24.2 Å². The van der Waals surface area contributed by atoms with E-state index in [2.05, 4.69) is 15.0 Å². The third-order valence-electron chi connectivity index (χ3n) is 12.8. The van der Waals surface area contributed by atoms with Gasteiger partial charge in [-0.15, -0.1) is 0 Å². The van der Waals surface area contributed by atoms with Gasteiger partial charge in [0.1, 0.15) is 34.4 Å². The van der Waals surface area contributed by atoms with Crippen LogP contribution in [0.2, 0.25) is 0 Å². The molecule has 5 heterocycles. The third-order valence-corrected chi connectivity index (χ3v) is 14.9. The molecular weight excluding hydrogens is 735 g/mol. The molecule has 56 heavy (non-hydrogen) atoms. The summed E-state index contributed by atoms with van der Waals surface area (Å²) >= 11 is 0. The van der Waals surface area contributed by atoms with Crippen LogP contribution in [0.15, 0.2) is 48.7 Å². The van der Waals surface area contributed by atoms with Gasteiger partial charge >= 0.3 is 0 Å². The summed E-state index contributed by atoms with van der Waals surface area (Å²) < 4.78 is 45.8. The van der Waals surface area contributed by atoms with Gasteiger partial charge in [0.2, 0.25) is 21.8 Å². The number of amides is 3. The van der Waals surface area contributed by atoms with E-state index in [1.807, 2.05) is 43.3 Å². The maximum absolute atomic E-state index is 15.0. The number of aromatic nitrogens is 2. The van der Waals surface area contributed by atoms with E-state index < -0.39 is 49.7 Å². The van der Waals surface area contributed by atoms with Crippen molar-refractivity contribution in [2.24, 2.45) is 11.8 Å². The van der Waals surface area contributed by atoms with Gasteiger partial charge in [0.05, 0.1) is 36.7 Å². The van der Waals surface area contributed by atoms with Crippen molar-refractivity contribution in [3.8, 4) is 17.2 Å². The Kier molecular flexibility index (Phi) is 9.77. The number of sulfonamides is 1. The first-order valence-electron chi connectivity index (χ1n) is 19.8. The van der Waals surface area contributed by atoms with E-state index in [4.69, 9.17) is 19.2 Å². The zero-order valence-electron chi connectivity index (χ0n) is 32.6. The van der Waals surface area contributed by atoms with Crippen LogP contribution in [0.3, 0.4) is 0 Å². The normalized spacial score (nSPS) is 29.1. The number of ether oxygens (including phenoxy) is 3. The number of nitrogens with one attached hydrogen (secondary N) is 2. The van der Waals surface area contributed by atoms with Crippen LogP contribution >= 0.6 is 0 Å². The number of carbonyl (C=O) groups is 3. The fourth-order valence-corrected chi connectivity index (χ4v) is 10.2. The first kappa shape index (κ1) is 38.2. The summed E-state index contributed by atoms with van der Waals surface area (Å²) in [5.74, 6) is -0.286. The van der Waals surface area contributed by atoms with Gasteiger partial charge in [-0.3, -0.25) is 24.1 Å². The SMILES string of the molecule is COc1ccnc(C[C@H]2CCCCC/C=C\[C@@H]3C[C@@]3(C(=O)NS(=O)(=O)C3(C)CC3)NC(=O)[C@@H]3C[C@]4(CCc5c(c(C)nc6ccc(OC)cc56)O4)CN3C2=O)c1. The van der Waals surface area contributed by atoms with Crippen molar-refractivity contribution in [3.63, 3.8) is 0 Å². The largest absolute Gasteiger partial charge is 0.497 e. The summed E-state index contributed by atoms with van der Waals surface area (Å²) in [6.07, 6.45) is 12.5. The Labute approximate surface area is 328 Å².